The van der Waals surface area contributed by atoms with Crippen LogP contribution in [0.1, 0.15) is 60.2 Å². The maximum Gasteiger partial charge on any atom is 0.408 e. The second-order valence-electron chi connectivity index (χ2n) is 11.5. The van der Waals surface area contributed by atoms with Crippen molar-refractivity contribution in [3.8, 4) is 6.07 Å². The predicted octanol–water partition coefficient (Wildman–Crippen LogP) is 6.09. The summed E-state index contributed by atoms with van der Waals surface area (Å²) < 4.78 is 5.46. The van der Waals surface area contributed by atoms with E-state index < -0.39 is 35.6 Å². The van der Waals surface area contributed by atoms with Crippen LogP contribution in [0.5, 0.6) is 0 Å². The van der Waals surface area contributed by atoms with E-state index in [1.54, 1.807) is 26.8 Å². The van der Waals surface area contributed by atoms with Crippen molar-refractivity contribution >= 4 is 23.6 Å². The molecule has 2 unspecified atom stereocenters. The van der Waals surface area contributed by atoms with Crippen LogP contribution < -0.4 is 10.6 Å². The first-order valence-electron chi connectivity index (χ1n) is 14.0. The maximum absolute atomic E-state index is 14.4. The Morgan fingerprint density at radius 1 is 0.881 bits per heavy atom. The van der Waals surface area contributed by atoms with E-state index in [1.165, 1.54) is 4.90 Å². The molecule has 3 amide bonds. The van der Waals surface area contributed by atoms with Gasteiger partial charge in [-0.2, -0.15) is 5.26 Å². The minimum absolute atomic E-state index is 0.138. The molecule has 0 aliphatic rings. The van der Waals surface area contributed by atoms with E-state index in [-0.39, 0.29) is 13.0 Å². The first-order valence-corrected chi connectivity index (χ1v) is 14.0. The molecule has 0 spiro atoms. The van der Waals surface area contributed by atoms with Crippen molar-refractivity contribution in [2.75, 3.05) is 11.9 Å². The first kappa shape index (κ1) is 31.9. The van der Waals surface area contributed by atoms with Gasteiger partial charge in [0, 0.05) is 12.1 Å². The van der Waals surface area contributed by atoms with Gasteiger partial charge in [0.05, 0.1) is 6.07 Å². The quantitative estimate of drug-likeness (QED) is 0.304. The third kappa shape index (κ3) is 8.20. The van der Waals surface area contributed by atoms with Crippen molar-refractivity contribution < 1.29 is 19.1 Å². The van der Waals surface area contributed by atoms with Gasteiger partial charge in [-0.3, -0.25) is 9.59 Å². The summed E-state index contributed by atoms with van der Waals surface area (Å²) in [6.07, 6.45) is -0.629. The SMILES string of the molecule is Cc1cccc(C(C(=O)Nc2c(C)cccc2C)N(CC#N)C(=O)C(Cc2ccccc2)NC(=O)OC(C)(C)C)c1C. The Bertz CT molecular complexity index is 1450. The van der Waals surface area contributed by atoms with Crippen LogP contribution in [0.25, 0.3) is 0 Å². The van der Waals surface area contributed by atoms with E-state index in [0.717, 1.165) is 27.8 Å². The van der Waals surface area contributed by atoms with E-state index in [4.69, 9.17) is 4.74 Å². The zero-order valence-corrected chi connectivity index (χ0v) is 25.4. The second kappa shape index (κ2) is 13.8. The molecule has 0 aliphatic carbocycles. The molecule has 0 saturated carbocycles. The average Bonchev–Trinajstić information content (AvgIpc) is 2.91. The second-order valence-corrected chi connectivity index (χ2v) is 11.5. The molecule has 0 saturated heterocycles. The van der Waals surface area contributed by atoms with Gasteiger partial charge in [-0.25, -0.2) is 4.79 Å². The lowest BCUT2D eigenvalue weighted by Gasteiger charge is -2.34. The third-order valence-electron chi connectivity index (χ3n) is 7.03. The standard InChI is InChI=1S/C34H40N4O4/c1-22-13-12-18-27(25(22)4)30(31(39)37-29-23(2)14-11-15-24(29)3)38(20-19-35)32(40)28(21-26-16-9-8-10-17-26)36-33(41)42-34(5,6)7/h8-18,28,30H,20-21H2,1-7H3,(H,36,41)(H,37,39). The number of alkyl carbamates (subject to hydrolysis) is 1. The highest BCUT2D eigenvalue weighted by Crippen LogP contribution is 2.30. The number of anilines is 1. The van der Waals surface area contributed by atoms with Crippen LogP contribution in [0.3, 0.4) is 0 Å². The fourth-order valence-electron chi connectivity index (χ4n) is 4.80. The minimum atomic E-state index is -1.14. The van der Waals surface area contributed by atoms with E-state index in [2.05, 4.69) is 16.7 Å². The molecule has 3 aromatic rings. The highest BCUT2D eigenvalue weighted by Gasteiger charge is 2.37. The van der Waals surface area contributed by atoms with Crippen LogP contribution in [0.2, 0.25) is 0 Å². The van der Waals surface area contributed by atoms with Crippen LogP contribution in [-0.4, -0.2) is 41.0 Å². The number of benzene rings is 3. The molecule has 0 bridgehead atoms. The number of aryl methyl sites for hydroxylation is 3. The third-order valence-corrected chi connectivity index (χ3v) is 7.03. The molecule has 0 aliphatic heterocycles. The molecule has 8 heteroatoms. The van der Waals surface area contributed by atoms with Gasteiger partial charge >= 0.3 is 6.09 Å². The number of para-hydroxylation sites is 1. The van der Waals surface area contributed by atoms with Crippen molar-refractivity contribution in [2.24, 2.45) is 0 Å². The van der Waals surface area contributed by atoms with E-state index in [1.807, 2.05) is 88.4 Å². The highest BCUT2D eigenvalue weighted by molar-refractivity contribution is 6.00. The topological polar surface area (TPSA) is 112 Å². The first-order chi connectivity index (χ1) is 19.8. The van der Waals surface area contributed by atoms with Crippen LogP contribution in [0, 0.1) is 39.0 Å². The molecule has 3 rings (SSSR count). The predicted molar refractivity (Wildman–Crippen MR) is 164 cm³/mol. The molecule has 0 aromatic heterocycles. The molecule has 0 fully saturated rings. The Hall–Kier alpha value is -4.64. The Morgan fingerprint density at radius 2 is 1.48 bits per heavy atom. The smallest absolute Gasteiger partial charge is 0.408 e. The number of hydrogen-bond donors (Lipinski definition) is 2. The minimum Gasteiger partial charge on any atom is -0.444 e. The molecular formula is C34H40N4O4. The molecule has 2 N–H and O–H groups in total. The normalized spacial score (nSPS) is 12.4. The monoisotopic (exact) mass is 568 g/mol. The summed E-state index contributed by atoms with van der Waals surface area (Å²) in [4.78, 5) is 42.7. The molecule has 0 heterocycles. The summed E-state index contributed by atoms with van der Waals surface area (Å²) in [5.74, 6) is -1.03. The lowest BCUT2D eigenvalue weighted by Crippen LogP contribution is -2.53. The van der Waals surface area contributed by atoms with Gasteiger partial charge in [0.2, 0.25) is 5.91 Å². The zero-order valence-electron chi connectivity index (χ0n) is 25.4. The van der Waals surface area contributed by atoms with Crippen molar-refractivity contribution in [1.82, 2.24) is 10.2 Å². The van der Waals surface area contributed by atoms with Crippen LogP contribution in [0.4, 0.5) is 10.5 Å². The molecule has 8 nitrogen and oxygen atoms in total. The summed E-state index contributed by atoms with van der Waals surface area (Å²) in [6, 6.07) is 20.3. The average molecular weight is 569 g/mol. The number of ether oxygens (including phenoxy) is 1. The Kier molecular flexibility index (Phi) is 10.5. The highest BCUT2D eigenvalue weighted by atomic mass is 16.6. The summed E-state index contributed by atoms with van der Waals surface area (Å²) in [5.41, 5.74) is 4.76. The summed E-state index contributed by atoms with van der Waals surface area (Å²) in [5, 5.41) is 15.6. The summed E-state index contributed by atoms with van der Waals surface area (Å²) in [6.45, 7) is 12.4. The zero-order chi connectivity index (χ0) is 31.0. The van der Waals surface area contributed by atoms with Gasteiger partial charge in [-0.15, -0.1) is 0 Å². The molecule has 220 valence electrons. The fourth-order valence-corrected chi connectivity index (χ4v) is 4.80. The summed E-state index contributed by atoms with van der Waals surface area (Å²) in [7, 11) is 0. The van der Waals surface area contributed by atoms with Gasteiger partial charge < -0.3 is 20.3 Å². The van der Waals surface area contributed by atoms with Crippen molar-refractivity contribution in [3.05, 3.63) is 100 Å². The number of amides is 3. The van der Waals surface area contributed by atoms with Gasteiger partial charge in [-0.1, -0.05) is 66.7 Å². The maximum atomic E-state index is 14.4. The van der Waals surface area contributed by atoms with Crippen molar-refractivity contribution in [2.45, 2.75) is 72.6 Å². The number of carbonyl (C=O) groups is 3. The van der Waals surface area contributed by atoms with Crippen molar-refractivity contribution in [1.29, 1.82) is 5.26 Å². The van der Waals surface area contributed by atoms with E-state index in [9.17, 15) is 19.6 Å². The van der Waals surface area contributed by atoms with Gasteiger partial charge in [0.15, 0.2) is 0 Å². The van der Waals surface area contributed by atoms with Crippen LogP contribution in [0.15, 0.2) is 66.7 Å². The number of hydrogen-bond acceptors (Lipinski definition) is 5. The number of carbonyl (C=O) groups excluding carboxylic acids is 3. The number of nitrogens with zero attached hydrogens (tertiary/aromatic N) is 2. The van der Waals surface area contributed by atoms with E-state index in [0.29, 0.717) is 11.3 Å². The van der Waals surface area contributed by atoms with Gasteiger partial charge in [0.1, 0.15) is 24.2 Å². The Labute approximate surface area is 248 Å². The lowest BCUT2D eigenvalue weighted by atomic mass is 9.94. The van der Waals surface area contributed by atoms with Gasteiger partial charge in [0.25, 0.3) is 5.91 Å². The lowest BCUT2D eigenvalue weighted by molar-refractivity contribution is -0.140. The molecular weight excluding hydrogens is 528 g/mol. The molecule has 3 aromatic carbocycles. The molecule has 42 heavy (non-hydrogen) atoms. The molecule has 2 atom stereocenters. The number of rotatable bonds is 9. The Balaban J connectivity index is 2.11. The largest absolute Gasteiger partial charge is 0.444 e. The fraction of sp³-hybridized carbons (Fsp3) is 0.353. The number of nitriles is 1. The van der Waals surface area contributed by atoms with Gasteiger partial charge in [-0.05, 0) is 81.8 Å². The Morgan fingerprint density at radius 3 is 2.07 bits per heavy atom. The van der Waals surface area contributed by atoms with Crippen LogP contribution in [-0.2, 0) is 20.7 Å². The number of nitrogens with one attached hydrogen (secondary N) is 2. The van der Waals surface area contributed by atoms with Crippen LogP contribution >= 0.6 is 0 Å². The van der Waals surface area contributed by atoms with E-state index >= 15 is 0 Å². The summed E-state index contributed by atoms with van der Waals surface area (Å²) >= 11 is 0. The molecule has 0 radical (unpaired) electrons. The van der Waals surface area contributed by atoms with Crippen molar-refractivity contribution in [3.63, 3.8) is 0 Å².